The number of ether oxygens (including phenoxy) is 1. The number of hydrogen-bond donors (Lipinski definition) is 2. The molecule has 1 rings (SSSR count). The Morgan fingerprint density at radius 2 is 2.30 bits per heavy atom. The van der Waals surface area contributed by atoms with Gasteiger partial charge in [0.2, 0.25) is 0 Å². The van der Waals surface area contributed by atoms with Crippen LogP contribution in [0.3, 0.4) is 0 Å². The zero-order valence-electron chi connectivity index (χ0n) is 6.55. The van der Waals surface area contributed by atoms with Crippen LogP contribution in [0.4, 0.5) is 0 Å². The normalized spacial score (nSPS) is 34.8. The standard InChI is InChI=1S/C7H15NO2/c1-6(2)7(9)5-8-3-4-10-7/h6,8-9H,3-5H2,1-2H3. The number of morpholine rings is 1. The molecule has 1 saturated heterocycles. The van der Waals surface area contributed by atoms with Crippen LogP contribution in [0.5, 0.6) is 0 Å². The van der Waals surface area contributed by atoms with Crippen molar-refractivity contribution in [2.75, 3.05) is 19.7 Å². The van der Waals surface area contributed by atoms with E-state index in [0.717, 1.165) is 6.54 Å². The van der Waals surface area contributed by atoms with Gasteiger partial charge in [0.05, 0.1) is 6.61 Å². The first-order valence-electron chi connectivity index (χ1n) is 3.72. The quantitative estimate of drug-likeness (QED) is 0.543. The number of hydrogen-bond acceptors (Lipinski definition) is 3. The molecular weight excluding hydrogens is 130 g/mol. The first kappa shape index (κ1) is 7.98. The third kappa shape index (κ3) is 1.48. The Kier molecular flexibility index (Phi) is 2.28. The van der Waals surface area contributed by atoms with Crippen LogP contribution in [-0.2, 0) is 4.74 Å². The molecule has 1 heterocycles. The van der Waals surface area contributed by atoms with Gasteiger partial charge >= 0.3 is 0 Å². The van der Waals surface area contributed by atoms with Gasteiger partial charge in [-0.2, -0.15) is 0 Å². The second-order valence-corrected chi connectivity index (χ2v) is 3.02. The second kappa shape index (κ2) is 2.86. The minimum absolute atomic E-state index is 0.153. The van der Waals surface area contributed by atoms with Crippen molar-refractivity contribution >= 4 is 0 Å². The Labute approximate surface area is 61.4 Å². The molecule has 0 spiro atoms. The molecule has 0 saturated carbocycles. The predicted octanol–water partition coefficient (Wildman–Crippen LogP) is -0.0492. The minimum Gasteiger partial charge on any atom is -0.364 e. The fourth-order valence-corrected chi connectivity index (χ4v) is 0.989. The Morgan fingerprint density at radius 3 is 2.60 bits per heavy atom. The van der Waals surface area contributed by atoms with Crippen molar-refractivity contribution in [1.29, 1.82) is 0 Å². The lowest BCUT2D eigenvalue weighted by atomic mass is 10.0. The molecule has 2 N–H and O–H groups in total. The molecule has 0 aliphatic carbocycles. The Bertz CT molecular complexity index is 108. The van der Waals surface area contributed by atoms with Gasteiger partial charge in [0, 0.05) is 19.0 Å². The SMILES string of the molecule is CC(C)C1(O)CNCCO1. The van der Waals surface area contributed by atoms with Crippen molar-refractivity contribution in [3.05, 3.63) is 0 Å². The summed E-state index contributed by atoms with van der Waals surface area (Å²) < 4.78 is 5.22. The average Bonchev–Trinajstić information content (AvgIpc) is 1.89. The van der Waals surface area contributed by atoms with E-state index in [4.69, 9.17) is 4.74 Å². The summed E-state index contributed by atoms with van der Waals surface area (Å²) in [5.74, 6) is -0.779. The zero-order chi connectivity index (χ0) is 7.61. The summed E-state index contributed by atoms with van der Waals surface area (Å²) in [6.07, 6.45) is 0. The van der Waals surface area contributed by atoms with Gasteiger partial charge in [-0.15, -0.1) is 0 Å². The summed E-state index contributed by atoms with van der Waals surface area (Å²) >= 11 is 0. The topological polar surface area (TPSA) is 41.5 Å². The van der Waals surface area contributed by atoms with Crippen LogP contribution in [0.15, 0.2) is 0 Å². The molecule has 0 amide bonds. The van der Waals surface area contributed by atoms with E-state index >= 15 is 0 Å². The van der Waals surface area contributed by atoms with Gasteiger partial charge in [0.1, 0.15) is 0 Å². The lowest BCUT2D eigenvalue weighted by molar-refractivity contribution is -0.239. The van der Waals surface area contributed by atoms with Gasteiger partial charge in [0.25, 0.3) is 0 Å². The number of nitrogens with one attached hydrogen (secondary N) is 1. The Morgan fingerprint density at radius 1 is 1.60 bits per heavy atom. The molecule has 60 valence electrons. The summed E-state index contributed by atoms with van der Waals surface area (Å²) in [7, 11) is 0. The van der Waals surface area contributed by atoms with Crippen LogP contribution in [0.25, 0.3) is 0 Å². The molecule has 10 heavy (non-hydrogen) atoms. The third-order valence-corrected chi connectivity index (χ3v) is 1.91. The summed E-state index contributed by atoms with van der Waals surface area (Å²) in [5, 5.41) is 12.7. The van der Waals surface area contributed by atoms with Crippen LogP contribution < -0.4 is 5.32 Å². The first-order chi connectivity index (χ1) is 4.65. The number of aliphatic hydroxyl groups is 1. The van der Waals surface area contributed by atoms with E-state index in [0.29, 0.717) is 13.2 Å². The van der Waals surface area contributed by atoms with Crippen LogP contribution >= 0.6 is 0 Å². The molecule has 3 nitrogen and oxygen atoms in total. The van der Waals surface area contributed by atoms with E-state index in [1.165, 1.54) is 0 Å². The summed E-state index contributed by atoms with van der Waals surface area (Å²) in [6.45, 7) is 5.90. The highest BCUT2D eigenvalue weighted by Gasteiger charge is 2.33. The van der Waals surface area contributed by atoms with Crippen molar-refractivity contribution in [3.63, 3.8) is 0 Å². The van der Waals surface area contributed by atoms with Crippen LogP contribution in [-0.4, -0.2) is 30.6 Å². The molecule has 3 heteroatoms. The second-order valence-electron chi connectivity index (χ2n) is 3.02. The Hall–Kier alpha value is -0.120. The fraction of sp³-hybridized carbons (Fsp3) is 1.00. The van der Waals surface area contributed by atoms with E-state index in [9.17, 15) is 5.11 Å². The maximum atomic E-state index is 9.66. The number of β-amino-alcohol motifs (C(OH)–C–C–N with tert-alkyl or cyclic N) is 1. The largest absolute Gasteiger partial charge is 0.364 e. The molecule has 0 aromatic carbocycles. The monoisotopic (exact) mass is 145 g/mol. The minimum atomic E-state index is -0.932. The van der Waals surface area contributed by atoms with Gasteiger partial charge in [0.15, 0.2) is 5.79 Å². The summed E-state index contributed by atoms with van der Waals surface area (Å²) in [4.78, 5) is 0. The first-order valence-corrected chi connectivity index (χ1v) is 3.72. The number of rotatable bonds is 1. The third-order valence-electron chi connectivity index (χ3n) is 1.91. The maximum absolute atomic E-state index is 9.66. The van der Waals surface area contributed by atoms with Crippen molar-refractivity contribution in [2.45, 2.75) is 19.6 Å². The van der Waals surface area contributed by atoms with Gasteiger partial charge in [-0.25, -0.2) is 0 Å². The lowest BCUT2D eigenvalue weighted by Gasteiger charge is -2.35. The molecule has 1 fully saturated rings. The smallest absolute Gasteiger partial charge is 0.180 e. The van der Waals surface area contributed by atoms with E-state index in [2.05, 4.69) is 5.32 Å². The van der Waals surface area contributed by atoms with Crippen molar-refractivity contribution in [3.8, 4) is 0 Å². The lowest BCUT2D eigenvalue weighted by Crippen LogP contribution is -2.52. The fourth-order valence-electron chi connectivity index (χ4n) is 0.989. The van der Waals surface area contributed by atoms with Crippen molar-refractivity contribution < 1.29 is 9.84 Å². The molecule has 1 atom stereocenters. The van der Waals surface area contributed by atoms with Crippen LogP contribution in [0, 0.1) is 5.92 Å². The average molecular weight is 145 g/mol. The van der Waals surface area contributed by atoms with E-state index < -0.39 is 5.79 Å². The van der Waals surface area contributed by atoms with E-state index in [-0.39, 0.29) is 5.92 Å². The van der Waals surface area contributed by atoms with Gasteiger partial charge < -0.3 is 15.2 Å². The summed E-state index contributed by atoms with van der Waals surface area (Å²) in [5.41, 5.74) is 0. The molecular formula is C7H15NO2. The molecule has 0 aromatic rings. The van der Waals surface area contributed by atoms with E-state index in [1.54, 1.807) is 0 Å². The van der Waals surface area contributed by atoms with Gasteiger partial charge in [-0.3, -0.25) is 0 Å². The molecule has 0 radical (unpaired) electrons. The molecule has 0 aromatic heterocycles. The highest BCUT2D eigenvalue weighted by Crippen LogP contribution is 2.19. The van der Waals surface area contributed by atoms with Crippen LogP contribution in [0.2, 0.25) is 0 Å². The van der Waals surface area contributed by atoms with Crippen molar-refractivity contribution in [2.24, 2.45) is 5.92 Å². The molecule has 0 bridgehead atoms. The highest BCUT2D eigenvalue weighted by molar-refractivity contribution is 4.77. The molecule has 1 aliphatic heterocycles. The van der Waals surface area contributed by atoms with Crippen molar-refractivity contribution in [1.82, 2.24) is 5.32 Å². The van der Waals surface area contributed by atoms with Gasteiger partial charge in [-0.1, -0.05) is 13.8 Å². The molecule has 1 unspecified atom stereocenters. The van der Waals surface area contributed by atoms with Gasteiger partial charge in [-0.05, 0) is 0 Å². The maximum Gasteiger partial charge on any atom is 0.180 e. The zero-order valence-corrected chi connectivity index (χ0v) is 6.55. The summed E-state index contributed by atoms with van der Waals surface area (Å²) in [6, 6.07) is 0. The Balaban J connectivity index is 2.48. The van der Waals surface area contributed by atoms with E-state index in [1.807, 2.05) is 13.8 Å². The van der Waals surface area contributed by atoms with Crippen LogP contribution in [0.1, 0.15) is 13.8 Å². The predicted molar refractivity (Wildman–Crippen MR) is 38.6 cm³/mol. The molecule has 1 aliphatic rings. The highest BCUT2D eigenvalue weighted by atomic mass is 16.6.